The fourth-order valence-electron chi connectivity index (χ4n) is 3.34. The fourth-order valence-corrected chi connectivity index (χ4v) is 3.34. The van der Waals surface area contributed by atoms with Gasteiger partial charge in [0.1, 0.15) is 5.60 Å². The monoisotopic (exact) mass is 324 g/mol. The molecule has 0 atom stereocenters. The summed E-state index contributed by atoms with van der Waals surface area (Å²) in [5, 5.41) is 3.24. The fraction of sp³-hybridized carbons (Fsp3) is 0.889. The van der Waals surface area contributed by atoms with E-state index in [1.54, 1.807) is 4.90 Å². The quantitative estimate of drug-likeness (QED) is 0.846. The van der Waals surface area contributed by atoms with Crippen molar-refractivity contribution in [1.29, 1.82) is 0 Å². The first-order valence-corrected chi connectivity index (χ1v) is 8.98. The number of hydrogen-bond acceptors (Lipinski definition) is 3. The number of carbonyl (C=O) groups is 2. The lowest BCUT2D eigenvalue weighted by Gasteiger charge is -2.39. The SMILES string of the molecule is CC(C)(C)OC(=O)N1CCC(C)(C(=O)NC2CCCCC2)CC1. The van der Waals surface area contributed by atoms with Crippen LogP contribution in [-0.4, -0.2) is 41.6 Å². The van der Waals surface area contributed by atoms with Crippen molar-refractivity contribution < 1.29 is 14.3 Å². The molecular weight excluding hydrogens is 292 g/mol. The standard InChI is InChI=1S/C18H32N2O3/c1-17(2,3)23-16(22)20-12-10-18(4,11-13-20)15(21)19-14-8-6-5-7-9-14/h14H,5-13H2,1-4H3,(H,19,21). The maximum absolute atomic E-state index is 12.6. The molecule has 1 aliphatic carbocycles. The molecule has 0 aromatic carbocycles. The Kier molecular flexibility index (Phi) is 5.58. The highest BCUT2D eigenvalue weighted by Gasteiger charge is 2.39. The summed E-state index contributed by atoms with van der Waals surface area (Å²) in [6.45, 7) is 8.81. The minimum Gasteiger partial charge on any atom is -0.444 e. The van der Waals surface area contributed by atoms with Gasteiger partial charge in [0.05, 0.1) is 0 Å². The number of ether oxygens (including phenoxy) is 1. The van der Waals surface area contributed by atoms with E-state index < -0.39 is 5.60 Å². The van der Waals surface area contributed by atoms with Gasteiger partial charge in [-0.05, 0) is 46.5 Å². The van der Waals surface area contributed by atoms with Crippen molar-refractivity contribution in [1.82, 2.24) is 10.2 Å². The summed E-state index contributed by atoms with van der Waals surface area (Å²) in [6.07, 6.45) is 7.05. The summed E-state index contributed by atoms with van der Waals surface area (Å²) < 4.78 is 5.41. The van der Waals surface area contributed by atoms with Crippen LogP contribution in [0.4, 0.5) is 4.79 Å². The maximum Gasteiger partial charge on any atom is 0.410 e. The molecule has 5 nitrogen and oxygen atoms in total. The van der Waals surface area contributed by atoms with Crippen molar-refractivity contribution in [3.8, 4) is 0 Å². The zero-order valence-electron chi connectivity index (χ0n) is 15.1. The highest BCUT2D eigenvalue weighted by atomic mass is 16.6. The summed E-state index contributed by atoms with van der Waals surface area (Å²) in [6, 6.07) is 0.344. The molecular formula is C18H32N2O3. The second-order valence-corrected chi connectivity index (χ2v) is 8.34. The van der Waals surface area contributed by atoms with Crippen molar-refractivity contribution in [2.24, 2.45) is 5.41 Å². The average Bonchev–Trinajstić information content (AvgIpc) is 2.47. The van der Waals surface area contributed by atoms with E-state index in [0.29, 0.717) is 32.0 Å². The summed E-state index contributed by atoms with van der Waals surface area (Å²) in [5.41, 5.74) is -0.841. The molecule has 2 rings (SSSR count). The Labute approximate surface area is 140 Å². The molecule has 0 unspecified atom stereocenters. The largest absolute Gasteiger partial charge is 0.444 e. The van der Waals surface area contributed by atoms with Crippen LogP contribution in [0.5, 0.6) is 0 Å². The van der Waals surface area contributed by atoms with Crippen LogP contribution in [0.1, 0.15) is 72.6 Å². The summed E-state index contributed by atoms with van der Waals surface area (Å²) in [7, 11) is 0. The third kappa shape index (κ3) is 5.11. The van der Waals surface area contributed by atoms with Crippen LogP contribution in [0, 0.1) is 5.41 Å². The van der Waals surface area contributed by atoms with Gasteiger partial charge in [0.15, 0.2) is 0 Å². The van der Waals surface area contributed by atoms with Gasteiger partial charge in [-0.1, -0.05) is 26.2 Å². The molecule has 0 spiro atoms. The molecule has 1 saturated heterocycles. The predicted octanol–water partition coefficient (Wildman–Crippen LogP) is 3.47. The number of amides is 2. The summed E-state index contributed by atoms with van der Waals surface area (Å²) in [4.78, 5) is 26.5. The number of likely N-dealkylation sites (tertiary alicyclic amines) is 1. The zero-order valence-corrected chi connectivity index (χ0v) is 15.1. The Hall–Kier alpha value is -1.26. The molecule has 23 heavy (non-hydrogen) atoms. The second kappa shape index (κ2) is 7.10. The van der Waals surface area contributed by atoms with Crippen LogP contribution in [0.2, 0.25) is 0 Å². The first-order valence-electron chi connectivity index (χ1n) is 8.98. The molecule has 1 aliphatic heterocycles. The van der Waals surface area contributed by atoms with Gasteiger partial charge in [0.2, 0.25) is 5.91 Å². The van der Waals surface area contributed by atoms with E-state index in [-0.39, 0.29) is 17.4 Å². The van der Waals surface area contributed by atoms with E-state index >= 15 is 0 Å². The smallest absolute Gasteiger partial charge is 0.410 e. The first kappa shape index (κ1) is 18.1. The molecule has 5 heteroatoms. The van der Waals surface area contributed by atoms with Gasteiger partial charge >= 0.3 is 6.09 Å². The lowest BCUT2D eigenvalue weighted by atomic mass is 9.79. The van der Waals surface area contributed by atoms with Gasteiger partial charge in [-0.15, -0.1) is 0 Å². The molecule has 1 N–H and O–H groups in total. The number of piperidine rings is 1. The number of hydrogen-bond donors (Lipinski definition) is 1. The van der Waals surface area contributed by atoms with Crippen LogP contribution in [0.3, 0.4) is 0 Å². The van der Waals surface area contributed by atoms with Crippen LogP contribution < -0.4 is 5.32 Å². The van der Waals surface area contributed by atoms with Crippen molar-refractivity contribution in [2.75, 3.05) is 13.1 Å². The number of carbonyl (C=O) groups excluding carboxylic acids is 2. The molecule has 0 bridgehead atoms. The number of nitrogens with one attached hydrogen (secondary N) is 1. The molecule has 2 aliphatic rings. The van der Waals surface area contributed by atoms with Crippen LogP contribution in [-0.2, 0) is 9.53 Å². The highest BCUT2D eigenvalue weighted by molar-refractivity contribution is 5.83. The summed E-state index contributed by atoms with van der Waals surface area (Å²) in [5.74, 6) is 0.160. The minimum absolute atomic E-state index is 0.160. The van der Waals surface area contributed by atoms with Gasteiger partial charge in [-0.25, -0.2) is 4.79 Å². The molecule has 0 aromatic heterocycles. The van der Waals surface area contributed by atoms with Gasteiger partial charge < -0.3 is 15.0 Å². The predicted molar refractivity (Wildman–Crippen MR) is 90.2 cm³/mol. The Morgan fingerprint density at radius 3 is 2.17 bits per heavy atom. The molecule has 1 heterocycles. The molecule has 1 saturated carbocycles. The molecule has 0 aromatic rings. The third-order valence-electron chi connectivity index (χ3n) is 5.01. The Bertz CT molecular complexity index is 428. The highest BCUT2D eigenvalue weighted by Crippen LogP contribution is 2.32. The van der Waals surface area contributed by atoms with Gasteiger partial charge in [-0.3, -0.25) is 4.79 Å². The van der Waals surface area contributed by atoms with Crippen molar-refractivity contribution >= 4 is 12.0 Å². The normalized spacial score (nSPS) is 22.5. The second-order valence-electron chi connectivity index (χ2n) is 8.34. The lowest BCUT2D eigenvalue weighted by molar-refractivity contribution is -0.133. The molecule has 0 radical (unpaired) electrons. The number of nitrogens with zero attached hydrogens (tertiary/aromatic N) is 1. The van der Waals surface area contributed by atoms with Crippen LogP contribution >= 0.6 is 0 Å². The van der Waals surface area contributed by atoms with Crippen molar-refractivity contribution in [3.63, 3.8) is 0 Å². The topological polar surface area (TPSA) is 58.6 Å². The Balaban J connectivity index is 1.83. The van der Waals surface area contributed by atoms with Crippen LogP contribution in [0.15, 0.2) is 0 Å². The zero-order chi connectivity index (χ0) is 17.1. The Morgan fingerprint density at radius 2 is 1.65 bits per heavy atom. The maximum atomic E-state index is 12.6. The molecule has 2 fully saturated rings. The Morgan fingerprint density at radius 1 is 1.09 bits per heavy atom. The van der Waals surface area contributed by atoms with Gasteiger partial charge in [0.25, 0.3) is 0 Å². The van der Waals surface area contributed by atoms with E-state index in [9.17, 15) is 9.59 Å². The molecule has 2 amide bonds. The van der Waals surface area contributed by atoms with Gasteiger partial charge in [0, 0.05) is 24.5 Å². The van der Waals surface area contributed by atoms with Crippen LogP contribution in [0.25, 0.3) is 0 Å². The minimum atomic E-state index is -0.476. The van der Waals surface area contributed by atoms with E-state index in [4.69, 9.17) is 4.74 Å². The van der Waals surface area contributed by atoms with Crippen molar-refractivity contribution in [3.05, 3.63) is 0 Å². The number of rotatable bonds is 2. The first-order chi connectivity index (χ1) is 10.7. The molecule has 132 valence electrons. The van der Waals surface area contributed by atoms with Gasteiger partial charge in [-0.2, -0.15) is 0 Å². The van der Waals surface area contributed by atoms with E-state index in [1.807, 2.05) is 27.7 Å². The van der Waals surface area contributed by atoms with E-state index in [0.717, 1.165) is 12.8 Å². The van der Waals surface area contributed by atoms with E-state index in [1.165, 1.54) is 19.3 Å². The third-order valence-corrected chi connectivity index (χ3v) is 5.01. The van der Waals surface area contributed by atoms with Crippen molar-refractivity contribution in [2.45, 2.75) is 84.3 Å². The lowest BCUT2D eigenvalue weighted by Crippen LogP contribution is -2.51. The average molecular weight is 324 g/mol. The van der Waals surface area contributed by atoms with E-state index in [2.05, 4.69) is 5.32 Å². The summed E-state index contributed by atoms with van der Waals surface area (Å²) >= 11 is 0.